The van der Waals surface area contributed by atoms with Gasteiger partial charge < -0.3 is 15.5 Å². The predicted octanol–water partition coefficient (Wildman–Crippen LogP) is 0.0676. The van der Waals surface area contributed by atoms with Crippen LogP contribution in [-0.2, 0) is 4.79 Å². The molecule has 4 nitrogen and oxygen atoms in total. The van der Waals surface area contributed by atoms with E-state index in [9.17, 15) is 9.90 Å². The summed E-state index contributed by atoms with van der Waals surface area (Å²) in [7, 11) is 0. The summed E-state index contributed by atoms with van der Waals surface area (Å²) in [5.74, 6) is -1.01. The highest BCUT2D eigenvalue weighted by Crippen LogP contribution is 2.41. The lowest BCUT2D eigenvalue weighted by Crippen LogP contribution is -2.71. The standard InChI is InChI=1S/C9H17NO3/c1-6(2)8(3,7(11)12)9(13)4-10-5-9/h6,10,13H,4-5H2,1-3H3,(H,11,12). The van der Waals surface area contributed by atoms with Crippen molar-refractivity contribution in [3.8, 4) is 0 Å². The lowest BCUT2D eigenvalue weighted by Gasteiger charge is -2.50. The first-order valence-electron chi connectivity index (χ1n) is 4.51. The monoisotopic (exact) mass is 187 g/mol. The van der Waals surface area contributed by atoms with Crippen LogP contribution in [0.15, 0.2) is 0 Å². The number of carbonyl (C=O) groups is 1. The fourth-order valence-electron chi connectivity index (χ4n) is 1.71. The molecule has 0 amide bonds. The van der Waals surface area contributed by atoms with Gasteiger partial charge in [-0.25, -0.2) is 0 Å². The first-order chi connectivity index (χ1) is 5.84. The fraction of sp³-hybridized carbons (Fsp3) is 0.889. The lowest BCUT2D eigenvalue weighted by molar-refractivity contribution is -0.183. The summed E-state index contributed by atoms with van der Waals surface area (Å²) in [6.07, 6.45) is 0. The van der Waals surface area contributed by atoms with E-state index in [1.807, 2.05) is 13.8 Å². The van der Waals surface area contributed by atoms with Crippen LogP contribution >= 0.6 is 0 Å². The first kappa shape index (κ1) is 10.5. The molecule has 4 heteroatoms. The van der Waals surface area contributed by atoms with E-state index >= 15 is 0 Å². The number of β-amino-alcohol motifs (C(OH)–C–C–N with tert-alkyl or cyclic N) is 1. The second-order valence-electron chi connectivity index (χ2n) is 4.30. The van der Waals surface area contributed by atoms with Crippen molar-refractivity contribution >= 4 is 5.97 Å². The van der Waals surface area contributed by atoms with E-state index in [4.69, 9.17) is 5.11 Å². The van der Waals surface area contributed by atoms with Gasteiger partial charge in [0.25, 0.3) is 0 Å². The van der Waals surface area contributed by atoms with Crippen LogP contribution in [0.2, 0.25) is 0 Å². The van der Waals surface area contributed by atoms with Crippen LogP contribution < -0.4 is 5.32 Å². The van der Waals surface area contributed by atoms with Gasteiger partial charge in [-0.15, -0.1) is 0 Å². The largest absolute Gasteiger partial charge is 0.481 e. The molecular formula is C9H17NO3. The minimum absolute atomic E-state index is 0.0860. The first-order valence-corrected chi connectivity index (χ1v) is 4.51. The molecule has 0 bridgehead atoms. The Morgan fingerprint density at radius 2 is 2.00 bits per heavy atom. The Bertz CT molecular complexity index is 223. The average molecular weight is 187 g/mol. The molecular weight excluding hydrogens is 170 g/mol. The summed E-state index contributed by atoms with van der Waals surface area (Å²) < 4.78 is 0. The van der Waals surface area contributed by atoms with Gasteiger partial charge in [0, 0.05) is 13.1 Å². The molecule has 0 radical (unpaired) electrons. The molecule has 1 atom stereocenters. The Balaban J connectivity index is 2.97. The molecule has 13 heavy (non-hydrogen) atoms. The van der Waals surface area contributed by atoms with Gasteiger partial charge in [0.05, 0.1) is 5.41 Å². The van der Waals surface area contributed by atoms with Crippen molar-refractivity contribution in [1.82, 2.24) is 5.32 Å². The number of hydrogen-bond donors (Lipinski definition) is 3. The van der Waals surface area contributed by atoms with Gasteiger partial charge in [-0.2, -0.15) is 0 Å². The van der Waals surface area contributed by atoms with E-state index in [1.54, 1.807) is 6.92 Å². The van der Waals surface area contributed by atoms with E-state index in [0.29, 0.717) is 13.1 Å². The topological polar surface area (TPSA) is 69.6 Å². The molecule has 0 aliphatic carbocycles. The van der Waals surface area contributed by atoms with Crippen LogP contribution in [0.5, 0.6) is 0 Å². The maximum Gasteiger partial charge on any atom is 0.312 e. The molecule has 1 aliphatic heterocycles. The Morgan fingerprint density at radius 3 is 2.08 bits per heavy atom. The second kappa shape index (κ2) is 2.96. The Hall–Kier alpha value is -0.610. The maximum atomic E-state index is 11.1. The molecule has 0 aromatic rings. The normalized spacial score (nSPS) is 25.0. The molecule has 1 unspecified atom stereocenters. The molecule has 1 fully saturated rings. The number of carboxylic acids is 1. The van der Waals surface area contributed by atoms with Crippen molar-refractivity contribution in [2.24, 2.45) is 11.3 Å². The van der Waals surface area contributed by atoms with E-state index < -0.39 is 17.0 Å². The summed E-state index contributed by atoms with van der Waals surface area (Å²) in [6, 6.07) is 0. The van der Waals surface area contributed by atoms with E-state index in [1.165, 1.54) is 0 Å². The van der Waals surface area contributed by atoms with Crippen LogP contribution in [0, 0.1) is 11.3 Å². The molecule has 0 saturated carbocycles. The highest BCUT2D eigenvalue weighted by Gasteiger charge is 2.57. The van der Waals surface area contributed by atoms with Crippen molar-refractivity contribution in [3.05, 3.63) is 0 Å². The van der Waals surface area contributed by atoms with Crippen LogP contribution in [0.3, 0.4) is 0 Å². The van der Waals surface area contributed by atoms with Gasteiger partial charge in [-0.3, -0.25) is 4.79 Å². The molecule has 3 N–H and O–H groups in total. The van der Waals surface area contributed by atoms with Crippen LogP contribution in [0.25, 0.3) is 0 Å². The van der Waals surface area contributed by atoms with Crippen LogP contribution in [-0.4, -0.2) is 34.9 Å². The Kier molecular flexibility index (Phi) is 2.38. The third kappa shape index (κ3) is 1.25. The molecule has 1 rings (SSSR count). The minimum atomic E-state index is -1.09. The molecule has 76 valence electrons. The van der Waals surface area contributed by atoms with Gasteiger partial charge in [0.15, 0.2) is 0 Å². The average Bonchev–Trinajstić information content (AvgIpc) is 1.97. The zero-order valence-corrected chi connectivity index (χ0v) is 8.29. The molecule has 0 aromatic carbocycles. The molecule has 1 heterocycles. The van der Waals surface area contributed by atoms with Crippen LogP contribution in [0.4, 0.5) is 0 Å². The van der Waals surface area contributed by atoms with Crippen molar-refractivity contribution in [1.29, 1.82) is 0 Å². The van der Waals surface area contributed by atoms with Crippen molar-refractivity contribution in [2.45, 2.75) is 26.4 Å². The summed E-state index contributed by atoms with van der Waals surface area (Å²) in [5, 5.41) is 22.0. The number of aliphatic hydroxyl groups is 1. The maximum absolute atomic E-state index is 11.1. The van der Waals surface area contributed by atoms with Gasteiger partial charge in [-0.05, 0) is 12.8 Å². The molecule has 0 spiro atoms. The van der Waals surface area contributed by atoms with Crippen molar-refractivity contribution < 1.29 is 15.0 Å². The van der Waals surface area contributed by atoms with Crippen molar-refractivity contribution in [2.75, 3.05) is 13.1 Å². The molecule has 0 aromatic heterocycles. The highest BCUT2D eigenvalue weighted by molar-refractivity contribution is 5.76. The SMILES string of the molecule is CC(C)C(C)(C(=O)O)C1(O)CNC1. The molecule has 1 aliphatic rings. The third-order valence-electron chi connectivity index (χ3n) is 3.40. The number of hydrogen-bond acceptors (Lipinski definition) is 3. The van der Waals surface area contributed by atoms with E-state index in [0.717, 1.165) is 0 Å². The summed E-state index contributed by atoms with van der Waals surface area (Å²) >= 11 is 0. The second-order valence-corrected chi connectivity index (χ2v) is 4.30. The zero-order valence-electron chi connectivity index (χ0n) is 8.29. The van der Waals surface area contributed by atoms with Crippen LogP contribution in [0.1, 0.15) is 20.8 Å². The van der Waals surface area contributed by atoms with Gasteiger partial charge >= 0.3 is 5.97 Å². The molecule has 1 saturated heterocycles. The van der Waals surface area contributed by atoms with Gasteiger partial charge in [-0.1, -0.05) is 13.8 Å². The van der Waals surface area contributed by atoms with Gasteiger partial charge in [0.1, 0.15) is 5.60 Å². The Morgan fingerprint density at radius 1 is 1.54 bits per heavy atom. The van der Waals surface area contributed by atoms with Crippen molar-refractivity contribution in [3.63, 3.8) is 0 Å². The summed E-state index contributed by atoms with van der Waals surface area (Å²) in [5.41, 5.74) is -2.15. The lowest BCUT2D eigenvalue weighted by atomic mass is 9.63. The minimum Gasteiger partial charge on any atom is -0.481 e. The quantitative estimate of drug-likeness (QED) is 0.584. The number of rotatable bonds is 3. The third-order valence-corrected chi connectivity index (χ3v) is 3.40. The predicted molar refractivity (Wildman–Crippen MR) is 48.4 cm³/mol. The van der Waals surface area contributed by atoms with E-state index in [2.05, 4.69) is 5.32 Å². The Labute approximate surface area is 78.0 Å². The number of carboxylic acid groups (broad SMARTS) is 1. The van der Waals surface area contributed by atoms with E-state index in [-0.39, 0.29) is 5.92 Å². The highest BCUT2D eigenvalue weighted by atomic mass is 16.4. The summed E-state index contributed by atoms with van der Waals surface area (Å²) in [6.45, 7) is 6.00. The number of nitrogens with one attached hydrogen (secondary N) is 1. The number of aliphatic carboxylic acids is 1. The zero-order chi connectivity index (χ0) is 10.3. The van der Waals surface area contributed by atoms with Gasteiger partial charge in [0.2, 0.25) is 0 Å². The fourth-order valence-corrected chi connectivity index (χ4v) is 1.71. The summed E-state index contributed by atoms with van der Waals surface area (Å²) in [4.78, 5) is 11.1. The smallest absolute Gasteiger partial charge is 0.312 e.